The molecule has 1 aromatic rings. The van der Waals surface area contributed by atoms with Gasteiger partial charge in [-0.1, -0.05) is 6.92 Å². The number of amides is 1. The zero-order valence-corrected chi connectivity index (χ0v) is 16.4. The van der Waals surface area contributed by atoms with Crippen LogP contribution in [-0.4, -0.2) is 62.9 Å². The van der Waals surface area contributed by atoms with Crippen LogP contribution in [0.5, 0.6) is 0 Å². The van der Waals surface area contributed by atoms with Crippen molar-refractivity contribution in [3.63, 3.8) is 0 Å². The van der Waals surface area contributed by atoms with Crippen LogP contribution in [0.25, 0.3) is 0 Å². The van der Waals surface area contributed by atoms with Crippen molar-refractivity contribution in [3.8, 4) is 0 Å². The third-order valence-electron chi connectivity index (χ3n) is 5.54. The van der Waals surface area contributed by atoms with Crippen LogP contribution in [0.4, 0.5) is 0 Å². The van der Waals surface area contributed by atoms with E-state index >= 15 is 0 Å². The Labute approximate surface area is 156 Å². The van der Waals surface area contributed by atoms with Gasteiger partial charge in [0.05, 0.1) is 11.0 Å². The highest BCUT2D eigenvalue weighted by molar-refractivity contribution is 7.89. The zero-order valence-electron chi connectivity index (χ0n) is 15.6. The van der Waals surface area contributed by atoms with Gasteiger partial charge >= 0.3 is 0 Å². The van der Waals surface area contributed by atoms with E-state index < -0.39 is 10.0 Å². The molecule has 0 aliphatic carbocycles. The Balaban J connectivity index is 1.67. The first-order chi connectivity index (χ1) is 12.4. The van der Waals surface area contributed by atoms with Gasteiger partial charge in [0.25, 0.3) is 5.91 Å². The summed E-state index contributed by atoms with van der Waals surface area (Å²) in [7, 11) is -1.77. The number of hydrogen-bond donors (Lipinski definition) is 0. The van der Waals surface area contributed by atoms with E-state index in [2.05, 4.69) is 6.92 Å². The van der Waals surface area contributed by atoms with E-state index in [4.69, 9.17) is 4.74 Å². The summed E-state index contributed by atoms with van der Waals surface area (Å²) in [4.78, 5) is 14.7. The Kier molecular flexibility index (Phi) is 5.99. The number of carbonyl (C=O) groups excluding carboxylic acids is 1. The summed E-state index contributed by atoms with van der Waals surface area (Å²) < 4.78 is 32.4. The molecule has 0 N–H and O–H groups in total. The van der Waals surface area contributed by atoms with Crippen LogP contribution in [0.1, 0.15) is 43.0 Å². The number of nitrogens with zero attached hydrogens (tertiary/aromatic N) is 2. The Morgan fingerprint density at radius 3 is 2.12 bits per heavy atom. The molecule has 1 aromatic carbocycles. The molecule has 144 valence electrons. The molecule has 0 aromatic heterocycles. The Morgan fingerprint density at radius 1 is 1.00 bits per heavy atom. The Morgan fingerprint density at radius 2 is 1.58 bits per heavy atom. The molecule has 3 rings (SSSR count). The molecule has 2 saturated heterocycles. The maximum Gasteiger partial charge on any atom is 0.253 e. The molecule has 0 bridgehead atoms. The second kappa shape index (κ2) is 8.06. The van der Waals surface area contributed by atoms with Crippen molar-refractivity contribution in [1.29, 1.82) is 0 Å². The Hall–Kier alpha value is -1.44. The number of piperidine rings is 2. The maximum absolute atomic E-state index is 12.8. The molecule has 0 atom stereocenters. The summed E-state index contributed by atoms with van der Waals surface area (Å²) >= 11 is 0. The van der Waals surface area contributed by atoms with Crippen LogP contribution >= 0.6 is 0 Å². The number of hydrogen-bond acceptors (Lipinski definition) is 4. The minimum absolute atomic E-state index is 0.0460. The van der Waals surface area contributed by atoms with E-state index in [1.54, 1.807) is 35.7 Å². The lowest BCUT2D eigenvalue weighted by Gasteiger charge is -2.31. The van der Waals surface area contributed by atoms with Crippen LogP contribution in [0.2, 0.25) is 0 Å². The number of carbonyl (C=O) groups is 1. The molecule has 2 heterocycles. The molecule has 0 radical (unpaired) electrons. The normalized spacial score (nSPS) is 21.1. The lowest BCUT2D eigenvalue weighted by molar-refractivity contribution is 0.0350. The molecule has 0 unspecified atom stereocenters. The van der Waals surface area contributed by atoms with Gasteiger partial charge in [0.2, 0.25) is 10.0 Å². The first-order valence-electron chi connectivity index (χ1n) is 9.34. The minimum atomic E-state index is -3.47. The predicted molar refractivity (Wildman–Crippen MR) is 99.5 cm³/mol. The first-order valence-corrected chi connectivity index (χ1v) is 10.8. The van der Waals surface area contributed by atoms with Crippen LogP contribution in [0, 0.1) is 5.92 Å². The summed E-state index contributed by atoms with van der Waals surface area (Å²) in [5, 5.41) is 0. The summed E-state index contributed by atoms with van der Waals surface area (Å²) in [6.45, 7) is 4.63. The fourth-order valence-corrected chi connectivity index (χ4v) is 5.09. The molecule has 6 nitrogen and oxygen atoms in total. The lowest BCUT2D eigenvalue weighted by atomic mass is 10.0. The van der Waals surface area contributed by atoms with Crippen LogP contribution < -0.4 is 0 Å². The monoisotopic (exact) mass is 380 g/mol. The van der Waals surface area contributed by atoms with Gasteiger partial charge in [-0.15, -0.1) is 0 Å². The maximum atomic E-state index is 12.8. The van der Waals surface area contributed by atoms with Gasteiger partial charge in [-0.25, -0.2) is 8.42 Å². The lowest BCUT2D eigenvalue weighted by Crippen LogP contribution is -2.40. The van der Waals surface area contributed by atoms with Crippen molar-refractivity contribution in [1.82, 2.24) is 9.21 Å². The first kappa shape index (κ1) is 19.3. The molecule has 2 aliphatic heterocycles. The van der Waals surface area contributed by atoms with Gasteiger partial charge < -0.3 is 9.64 Å². The highest BCUT2D eigenvalue weighted by Gasteiger charge is 2.28. The van der Waals surface area contributed by atoms with E-state index in [0.717, 1.165) is 25.7 Å². The number of sulfonamides is 1. The van der Waals surface area contributed by atoms with Gasteiger partial charge in [0, 0.05) is 38.9 Å². The molecule has 2 aliphatic rings. The molecule has 26 heavy (non-hydrogen) atoms. The second-order valence-electron chi connectivity index (χ2n) is 7.34. The highest BCUT2D eigenvalue weighted by atomic mass is 32.2. The van der Waals surface area contributed by atoms with E-state index in [1.165, 1.54) is 0 Å². The fourth-order valence-electron chi connectivity index (χ4n) is 3.62. The Bertz CT molecular complexity index is 716. The summed E-state index contributed by atoms with van der Waals surface area (Å²) in [6, 6.07) is 6.37. The van der Waals surface area contributed by atoms with E-state index in [1.807, 2.05) is 4.90 Å². The molecule has 1 amide bonds. The van der Waals surface area contributed by atoms with Crippen molar-refractivity contribution >= 4 is 15.9 Å². The van der Waals surface area contributed by atoms with Crippen molar-refractivity contribution in [2.75, 3.05) is 33.3 Å². The SMILES string of the molecule is COC1CCN(C(=O)c2ccc(S(=O)(=O)N3CCC(C)CC3)cc2)CC1. The quantitative estimate of drug-likeness (QED) is 0.804. The smallest absolute Gasteiger partial charge is 0.253 e. The summed E-state index contributed by atoms with van der Waals surface area (Å²) in [5.41, 5.74) is 0.534. The van der Waals surface area contributed by atoms with Crippen molar-refractivity contribution in [3.05, 3.63) is 29.8 Å². The number of rotatable bonds is 4. The van der Waals surface area contributed by atoms with Crippen molar-refractivity contribution in [2.24, 2.45) is 5.92 Å². The predicted octanol–water partition coefficient (Wildman–Crippen LogP) is 2.36. The highest BCUT2D eigenvalue weighted by Crippen LogP contribution is 2.24. The van der Waals surface area contributed by atoms with Crippen LogP contribution in [0.15, 0.2) is 29.2 Å². The van der Waals surface area contributed by atoms with E-state index in [9.17, 15) is 13.2 Å². The van der Waals surface area contributed by atoms with Crippen molar-refractivity contribution < 1.29 is 17.9 Å². The molecule has 0 saturated carbocycles. The molecular weight excluding hydrogens is 352 g/mol. The third-order valence-corrected chi connectivity index (χ3v) is 7.46. The van der Waals surface area contributed by atoms with Crippen LogP contribution in [-0.2, 0) is 14.8 Å². The number of benzene rings is 1. The van der Waals surface area contributed by atoms with Gasteiger partial charge in [0.15, 0.2) is 0 Å². The van der Waals surface area contributed by atoms with Gasteiger partial charge in [-0.3, -0.25) is 4.79 Å². The van der Waals surface area contributed by atoms with Gasteiger partial charge in [-0.2, -0.15) is 4.31 Å². The molecule has 2 fully saturated rings. The number of methoxy groups -OCH3 is 1. The largest absolute Gasteiger partial charge is 0.381 e. The van der Waals surface area contributed by atoms with E-state index in [-0.39, 0.29) is 16.9 Å². The number of ether oxygens (including phenoxy) is 1. The number of likely N-dealkylation sites (tertiary alicyclic amines) is 1. The van der Waals surface area contributed by atoms with Crippen molar-refractivity contribution in [2.45, 2.75) is 43.6 Å². The average molecular weight is 381 g/mol. The molecular formula is C19H28N2O4S. The average Bonchev–Trinajstić information content (AvgIpc) is 2.68. The van der Waals surface area contributed by atoms with E-state index in [0.29, 0.717) is 37.7 Å². The topological polar surface area (TPSA) is 66.9 Å². The van der Waals surface area contributed by atoms with Gasteiger partial charge in [0.1, 0.15) is 0 Å². The zero-order chi connectivity index (χ0) is 18.7. The standard InChI is InChI=1S/C19H28N2O4S/c1-15-7-13-21(14-8-15)26(23,24)18-5-3-16(4-6-18)19(22)20-11-9-17(25-2)10-12-20/h3-6,15,17H,7-14H2,1-2H3. The van der Waals surface area contributed by atoms with Crippen LogP contribution in [0.3, 0.4) is 0 Å². The summed E-state index contributed by atoms with van der Waals surface area (Å²) in [6.07, 6.45) is 3.68. The molecule has 0 spiro atoms. The third kappa shape index (κ3) is 4.10. The summed E-state index contributed by atoms with van der Waals surface area (Å²) in [5.74, 6) is 0.527. The minimum Gasteiger partial charge on any atom is -0.381 e. The molecule has 7 heteroatoms. The fraction of sp³-hybridized carbons (Fsp3) is 0.632. The van der Waals surface area contributed by atoms with Gasteiger partial charge in [-0.05, 0) is 55.9 Å². The second-order valence-corrected chi connectivity index (χ2v) is 9.28.